The second-order valence-corrected chi connectivity index (χ2v) is 2.05. The fraction of sp³-hybridized carbons (Fsp3) is 0.222. The molecule has 0 saturated carbocycles. The van der Waals surface area contributed by atoms with Crippen molar-refractivity contribution in [1.29, 1.82) is 0 Å². The van der Waals surface area contributed by atoms with E-state index in [4.69, 9.17) is 5.11 Å². The molecule has 0 radical (unpaired) electrons. The first-order valence-electron chi connectivity index (χ1n) is 3.59. The number of carbonyl (C=O) groups is 1. The van der Waals surface area contributed by atoms with Crippen LogP contribution in [-0.4, -0.2) is 11.4 Å². The second kappa shape index (κ2) is 6.34. The Morgan fingerprint density at radius 3 is 2.42 bits per heavy atom. The first kappa shape index (κ1) is 10.6. The van der Waals surface area contributed by atoms with Crippen LogP contribution in [0, 0.1) is 5.82 Å². The Bertz CT molecular complexity index is 218. The number of hydrogen-bond donors (Lipinski definition) is 1. The van der Waals surface area contributed by atoms with E-state index in [1.807, 2.05) is 6.92 Å². The van der Waals surface area contributed by atoms with Gasteiger partial charge in [-0.2, -0.15) is 0 Å². The molecule has 0 unspecified atom stereocenters. The van der Waals surface area contributed by atoms with E-state index < -0.39 is 5.82 Å². The highest BCUT2D eigenvalue weighted by molar-refractivity contribution is 5.48. The largest absolute Gasteiger partial charge is 0.508 e. The van der Waals surface area contributed by atoms with Gasteiger partial charge in [0.2, 0.25) is 0 Å². The number of hydrogen-bond acceptors (Lipinski definition) is 2. The maximum atomic E-state index is 12.0. The molecule has 0 spiro atoms. The van der Waals surface area contributed by atoms with Crippen molar-refractivity contribution in [3.8, 4) is 5.75 Å². The highest BCUT2D eigenvalue weighted by Gasteiger charge is 1.86. The van der Waals surface area contributed by atoms with Gasteiger partial charge < -0.3 is 9.90 Å². The fourth-order valence-electron chi connectivity index (χ4n) is 0.476. The molecule has 3 heteroatoms. The van der Waals surface area contributed by atoms with Gasteiger partial charge in [-0.05, 0) is 12.1 Å². The van der Waals surface area contributed by atoms with Gasteiger partial charge in [-0.15, -0.1) is 0 Å². The number of benzene rings is 1. The Hall–Kier alpha value is -1.38. The van der Waals surface area contributed by atoms with Crippen LogP contribution in [0.3, 0.4) is 0 Å². The van der Waals surface area contributed by atoms with Gasteiger partial charge in [0.15, 0.2) is 0 Å². The number of rotatable bonds is 1. The van der Waals surface area contributed by atoms with E-state index in [1.54, 1.807) is 0 Å². The highest BCUT2D eigenvalue weighted by atomic mass is 19.1. The summed E-state index contributed by atoms with van der Waals surface area (Å²) in [5.74, 6) is -0.449. The van der Waals surface area contributed by atoms with Crippen LogP contribution in [0.1, 0.15) is 13.3 Å². The van der Waals surface area contributed by atoms with E-state index in [0.717, 1.165) is 12.4 Å². The SMILES string of the molecule is CCC=O.Oc1cccc(F)c1. The van der Waals surface area contributed by atoms with Crippen LogP contribution >= 0.6 is 0 Å². The van der Waals surface area contributed by atoms with E-state index >= 15 is 0 Å². The summed E-state index contributed by atoms with van der Waals surface area (Å²) in [6.07, 6.45) is 1.51. The molecule has 0 bridgehead atoms. The van der Waals surface area contributed by atoms with E-state index in [-0.39, 0.29) is 5.75 Å². The quantitative estimate of drug-likeness (QED) is 0.655. The minimum Gasteiger partial charge on any atom is -0.508 e. The van der Waals surface area contributed by atoms with Crippen LogP contribution in [0.4, 0.5) is 4.39 Å². The average molecular weight is 170 g/mol. The van der Waals surface area contributed by atoms with Gasteiger partial charge in [0.1, 0.15) is 17.9 Å². The van der Waals surface area contributed by atoms with E-state index in [0.29, 0.717) is 6.42 Å². The molecular formula is C9H11FO2. The summed E-state index contributed by atoms with van der Waals surface area (Å²) in [6, 6.07) is 5.20. The molecule has 0 saturated heterocycles. The summed E-state index contributed by atoms with van der Waals surface area (Å²) >= 11 is 0. The standard InChI is InChI=1S/C6H5FO.C3H6O/c7-5-2-1-3-6(8)4-5;1-2-3-4/h1-4,8H;3H,2H2,1H3. The van der Waals surface area contributed by atoms with Crippen molar-refractivity contribution in [3.63, 3.8) is 0 Å². The molecule has 0 aliphatic rings. The number of aldehydes is 1. The van der Waals surface area contributed by atoms with Crippen LogP contribution < -0.4 is 0 Å². The van der Waals surface area contributed by atoms with Gasteiger partial charge in [0.25, 0.3) is 0 Å². The van der Waals surface area contributed by atoms with Crippen LogP contribution in [0.2, 0.25) is 0 Å². The maximum Gasteiger partial charge on any atom is 0.126 e. The average Bonchev–Trinajstić information content (AvgIpc) is 2.04. The predicted octanol–water partition coefficient (Wildman–Crippen LogP) is 2.13. The summed E-state index contributed by atoms with van der Waals surface area (Å²) in [4.78, 5) is 9.17. The summed E-state index contributed by atoms with van der Waals surface area (Å²) < 4.78 is 12.0. The van der Waals surface area contributed by atoms with Crippen molar-refractivity contribution in [3.05, 3.63) is 30.1 Å². The third-order valence-corrected chi connectivity index (χ3v) is 0.975. The summed E-state index contributed by atoms with van der Waals surface area (Å²) in [5.41, 5.74) is 0. The van der Waals surface area contributed by atoms with Gasteiger partial charge in [0, 0.05) is 12.5 Å². The Morgan fingerprint density at radius 2 is 2.17 bits per heavy atom. The van der Waals surface area contributed by atoms with Crippen LogP contribution in [0.5, 0.6) is 5.75 Å². The molecule has 0 amide bonds. The predicted molar refractivity (Wildman–Crippen MR) is 44.4 cm³/mol. The molecule has 66 valence electrons. The number of phenolic OH excluding ortho intramolecular Hbond substituents is 1. The van der Waals surface area contributed by atoms with Crippen molar-refractivity contribution in [2.75, 3.05) is 0 Å². The van der Waals surface area contributed by atoms with Crippen LogP contribution in [0.15, 0.2) is 24.3 Å². The first-order valence-corrected chi connectivity index (χ1v) is 3.59. The van der Waals surface area contributed by atoms with E-state index in [9.17, 15) is 9.18 Å². The van der Waals surface area contributed by atoms with Crippen molar-refractivity contribution in [2.24, 2.45) is 0 Å². The zero-order valence-electron chi connectivity index (χ0n) is 6.83. The zero-order chi connectivity index (χ0) is 9.40. The Kier molecular flexibility index (Phi) is 5.61. The maximum absolute atomic E-state index is 12.0. The number of aromatic hydroxyl groups is 1. The molecule has 1 aromatic rings. The lowest BCUT2D eigenvalue weighted by Gasteiger charge is -1.86. The van der Waals surface area contributed by atoms with Gasteiger partial charge in [-0.25, -0.2) is 4.39 Å². The van der Waals surface area contributed by atoms with Gasteiger partial charge in [0.05, 0.1) is 0 Å². The van der Waals surface area contributed by atoms with Crippen molar-refractivity contribution in [1.82, 2.24) is 0 Å². The second-order valence-electron chi connectivity index (χ2n) is 2.05. The van der Waals surface area contributed by atoms with Gasteiger partial charge >= 0.3 is 0 Å². The molecule has 2 nitrogen and oxygen atoms in total. The molecule has 0 atom stereocenters. The first-order chi connectivity index (χ1) is 5.70. The lowest BCUT2D eigenvalue weighted by molar-refractivity contribution is -0.107. The molecule has 0 aliphatic carbocycles. The van der Waals surface area contributed by atoms with Crippen LogP contribution in [-0.2, 0) is 4.79 Å². The van der Waals surface area contributed by atoms with Gasteiger partial charge in [-0.1, -0.05) is 13.0 Å². The molecule has 1 N–H and O–H groups in total. The molecule has 12 heavy (non-hydrogen) atoms. The molecule has 1 rings (SSSR count). The third kappa shape index (κ3) is 5.41. The van der Waals surface area contributed by atoms with E-state index in [2.05, 4.69) is 0 Å². The molecule has 0 fully saturated rings. The number of halogens is 1. The smallest absolute Gasteiger partial charge is 0.126 e. The lowest BCUT2D eigenvalue weighted by atomic mass is 10.3. The van der Waals surface area contributed by atoms with Gasteiger partial charge in [-0.3, -0.25) is 0 Å². The topological polar surface area (TPSA) is 37.3 Å². The van der Waals surface area contributed by atoms with Crippen LogP contribution in [0.25, 0.3) is 0 Å². The third-order valence-electron chi connectivity index (χ3n) is 0.975. The van der Waals surface area contributed by atoms with E-state index in [1.165, 1.54) is 18.2 Å². The minimum absolute atomic E-state index is 0.0370. The normalized spacial score (nSPS) is 8.17. The molecular weight excluding hydrogens is 159 g/mol. The van der Waals surface area contributed by atoms with Crippen molar-refractivity contribution < 1.29 is 14.3 Å². The van der Waals surface area contributed by atoms with Crippen molar-refractivity contribution >= 4 is 6.29 Å². The molecule has 0 heterocycles. The summed E-state index contributed by atoms with van der Waals surface area (Å²) in [6.45, 7) is 1.81. The monoisotopic (exact) mass is 170 g/mol. The number of phenols is 1. The molecule has 1 aromatic carbocycles. The highest BCUT2D eigenvalue weighted by Crippen LogP contribution is 2.07. The molecule has 0 aliphatic heterocycles. The Morgan fingerprint density at radius 1 is 1.58 bits per heavy atom. The number of carbonyl (C=O) groups excluding carboxylic acids is 1. The van der Waals surface area contributed by atoms with Crippen molar-refractivity contribution in [2.45, 2.75) is 13.3 Å². The zero-order valence-corrected chi connectivity index (χ0v) is 6.83. The lowest BCUT2D eigenvalue weighted by Crippen LogP contribution is -1.68. The Balaban J connectivity index is 0.000000261. The Labute approximate surface area is 70.7 Å². The fourth-order valence-corrected chi connectivity index (χ4v) is 0.476. The summed E-state index contributed by atoms with van der Waals surface area (Å²) in [5, 5.41) is 8.57. The minimum atomic E-state index is -0.412. The molecule has 0 aromatic heterocycles. The summed E-state index contributed by atoms with van der Waals surface area (Å²) in [7, 11) is 0.